The number of amides is 1. The number of likely N-dealkylation sites (tertiary alicyclic amines) is 1. The summed E-state index contributed by atoms with van der Waals surface area (Å²) in [6, 6.07) is 5.96. The van der Waals surface area contributed by atoms with Crippen LogP contribution >= 0.6 is 11.3 Å². The third-order valence-corrected chi connectivity index (χ3v) is 5.71. The van der Waals surface area contributed by atoms with Crippen molar-refractivity contribution in [2.45, 2.75) is 38.7 Å². The van der Waals surface area contributed by atoms with Gasteiger partial charge in [0.05, 0.1) is 22.7 Å². The lowest BCUT2D eigenvalue weighted by Gasteiger charge is -2.38. The van der Waals surface area contributed by atoms with E-state index in [0.717, 1.165) is 15.6 Å². The Hall–Kier alpha value is -1.79. The Labute approximate surface area is 145 Å². The highest BCUT2D eigenvalue weighted by Crippen LogP contribution is 2.33. The normalized spacial score (nSPS) is 17.1. The van der Waals surface area contributed by atoms with Gasteiger partial charge in [0.25, 0.3) is 0 Å². The molecular weight excluding hydrogens is 327 g/mol. The number of thiazole rings is 1. The number of piperidine rings is 1. The van der Waals surface area contributed by atoms with Crippen molar-refractivity contribution >= 4 is 17.2 Å². The molecular formula is C18H21FN2O2S. The van der Waals surface area contributed by atoms with Gasteiger partial charge in [-0.1, -0.05) is 12.1 Å². The first kappa shape index (κ1) is 17.0. The molecule has 1 aromatic carbocycles. The van der Waals surface area contributed by atoms with Crippen LogP contribution in [0.25, 0.3) is 0 Å². The molecule has 0 radical (unpaired) electrons. The van der Waals surface area contributed by atoms with E-state index in [-0.39, 0.29) is 11.7 Å². The van der Waals surface area contributed by atoms with Crippen LogP contribution in [0.5, 0.6) is 0 Å². The minimum atomic E-state index is -0.985. The van der Waals surface area contributed by atoms with E-state index in [4.69, 9.17) is 0 Å². The Morgan fingerprint density at radius 3 is 2.46 bits per heavy atom. The van der Waals surface area contributed by atoms with Gasteiger partial charge in [0, 0.05) is 18.0 Å². The van der Waals surface area contributed by atoms with Gasteiger partial charge in [-0.15, -0.1) is 11.3 Å². The van der Waals surface area contributed by atoms with Crippen LogP contribution in [-0.4, -0.2) is 34.0 Å². The molecule has 0 atom stereocenters. The van der Waals surface area contributed by atoms with Gasteiger partial charge in [-0.25, -0.2) is 9.37 Å². The van der Waals surface area contributed by atoms with Crippen molar-refractivity contribution < 1.29 is 14.3 Å². The lowest BCUT2D eigenvalue weighted by molar-refractivity contribution is -0.135. The fourth-order valence-corrected chi connectivity index (χ4v) is 4.09. The van der Waals surface area contributed by atoms with Crippen molar-refractivity contribution in [3.05, 3.63) is 51.2 Å². The highest BCUT2D eigenvalue weighted by atomic mass is 32.1. The van der Waals surface area contributed by atoms with Crippen LogP contribution in [-0.2, 0) is 16.8 Å². The number of carbonyl (C=O) groups excluding carboxylic acids is 1. The molecule has 0 saturated carbocycles. The van der Waals surface area contributed by atoms with Crippen LogP contribution in [0.15, 0.2) is 24.3 Å². The molecule has 128 valence electrons. The molecule has 3 rings (SSSR count). The molecule has 1 aromatic heterocycles. The summed E-state index contributed by atoms with van der Waals surface area (Å²) in [5, 5.41) is 11.8. The molecule has 1 saturated heterocycles. The first-order valence-electron chi connectivity index (χ1n) is 8.06. The minimum Gasteiger partial charge on any atom is -0.385 e. The zero-order valence-corrected chi connectivity index (χ0v) is 14.7. The van der Waals surface area contributed by atoms with E-state index in [2.05, 4.69) is 4.98 Å². The Kier molecular flexibility index (Phi) is 4.69. The summed E-state index contributed by atoms with van der Waals surface area (Å²) in [4.78, 5) is 19.7. The molecule has 1 N–H and O–H groups in total. The number of aliphatic hydroxyl groups is 1. The minimum absolute atomic E-state index is 0.0721. The molecule has 2 aromatic rings. The first-order valence-corrected chi connectivity index (χ1v) is 8.88. The second kappa shape index (κ2) is 6.61. The Morgan fingerprint density at radius 2 is 1.92 bits per heavy atom. The van der Waals surface area contributed by atoms with Crippen LogP contribution in [0, 0.1) is 19.7 Å². The number of aryl methyl sites for hydroxylation is 2. The molecule has 2 heterocycles. The maximum atomic E-state index is 13.0. The lowest BCUT2D eigenvalue weighted by atomic mass is 9.84. The topological polar surface area (TPSA) is 53.4 Å². The largest absolute Gasteiger partial charge is 0.385 e. The zero-order chi connectivity index (χ0) is 17.3. The number of benzene rings is 1. The van der Waals surface area contributed by atoms with Crippen molar-refractivity contribution in [1.29, 1.82) is 0 Å². The predicted molar refractivity (Wildman–Crippen MR) is 91.4 cm³/mol. The number of hydrogen-bond acceptors (Lipinski definition) is 4. The van der Waals surface area contributed by atoms with Crippen molar-refractivity contribution in [3.63, 3.8) is 0 Å². The number of nitrogens with zero attached hydrogens (tertiary/aromatic N) is 2. The summed E-state index contributed by atoms with van der Waals surface area (Å²) in [7, 11) is 0. The van der Waals surface area contributed by atoms with E-state index in [1.807, 2.05) is 13.8 Å². The highest BCUT2D eigenvalue weighted by Gasteiger charge is 2.35. The average molecular weight is 348 g/mol. The molecule has 1 aliphatic rings. The number of halogens is 1. The fourth-order valence-electron chi connectivity index (χ4n) is 3.16. The summed E-state index contributed by atoms with van der Waals surface area (Å²) in [5.74, 6) is -0.243. The number of rotatable bonds is 3. The maximum absolute atomic E-state index is 13.0. The number of aromatic nitrogens is 1. The van der Waals surface area contributed by atoms with E-state index in [9.17, 15) is 14.3 Å². The molecule has 0 unspecified atom stereocenters. The van der Waals surface area contributed by atoms with Crippen molar-refractivity contribution in [2.24, 2.45) is 0 Å². The predicted octanol–water partition coefficient (Wildman–Crippen LogP) is 2.95. The highest BCUT2D eigenvalue weighted by molar-refractivity contribution is 7.11. The third kappa shape index (κ3) is 3.49. The smallest absolute Gasteiger partial charge is 0.227 e. The van der Waals surface area contributed by atoms with E-state index >= 15 is 0 Å². The van der Waals surface area contributed by atoms with Gasteiger partial charge in [0.2, 0.25) is 5.91 Å². The van der Waals surface area contributed by atoms with E-state index in [1.165, 1.54) is 12.1 Å². The second-order valence-corrected chi connectivity index (χ2v) is 7.63. The molecule has 6 heteroatoms. The summed E-state index contributed by atoms with van der Waals surface area (Å²) in [6.07, 6.45) is 1.29. The monoisotopic (exact) mass is 348 g/mol. The third-order valence-electron chi connectivity index (χ3n) is 4.64. The van der Waals surface area contributed by atoms with Gasteiger partial charge in [-0.2, -0.15) is 0 Å². The summed E-state index contributed by atoms with van der Waals surface area (Å²) in [6.45, 7) is 4.87. The summed E-state index contributed by atoms with van der Waals surface area (Å²) < 4.78 is 13.0. The molecule has 1 aliphatic heterocycles. The molecule has 0 spiro atoms. The van der Waals surface area contributed by atoms with Gasteiger partial charge in [-0.05, 0) is 44.4 Å². The van der Waals surface area contributed by atoms with Gasteiger partial charge in [-0.3, -0.25) is 4.79 Å². The maximum Gasteiger partial charge on any atom is 0.227 e. The summed E-state index contributed by atoms with van der Waals surface area (Å²) in [5.41, 5.74) is 0.650. The molecule has 0 aliphatic carbocycles. The standard InChI is InChI=1S/C18H21FN2O2S/c1-12-16(24-13(2)20-12)11-17(22)21-9-7-18(23,8-10-21)14-3-5-15(19)6-4-14/h3-6,23H,7-11H2,1-2H3. The fraction of sp³-hybridized carbons (Fsp3) is 0.444. The molecule has 4 nitrogen and oxygen atoms in total. The number of hydrogen-bond donors (Lipinski definition) is 1. The van der Waals surface area contributed by atoms with Crippen LogP contribution in [0.1, 0.15) is 34.0 Å². The van der Waals surface area contributed by atoms with Crippen LogP contribution in [0.2, 0.25) is 0 Å². The quantitative estimate of drug-likeness (QED) is 0.928. The Balaban J connectivity index is 1.63. The lowest BCUT2D eigenvalue weighted by Crippen LogP contribution is -2.45. The first-order chi connectivity index (χ1) is 11.4. The van der Waals surface area contributed by atoms with Crippen molar-refractivity contribution in [2.75, 3.05) is 13.1 Å². The molecule has 1 fully saturated rings. The van der Waals surface area contributed by atoms with Crippen LogP contribution in [0.4, 0.5) is 4.39 Å². The van der Waals surface area contributed by atoms with Gasteiger partial charge >= 0.3 is 0 Å². The summed E-state index contributed by atoms with van der Waals surface area (Å²) >= 11 is 1.56. The van der Waals surface area contributed by atoms with Gasteiger partial charge < -0.3 is 10.0 Å². The number of carbonyl (C=O) groups is 1. The van der Waals surface area contributed by atoms with Crippen molar-refractivity contribution in [3.8, 4) is 0 Å². The van der Waals surface area contributed by atoms with E-state index < -0.39 is 5.60 Å². The van der Waals surface area contributed by atoms with Crippen LogP contribution < -0.4 is 0 Å². The molecule has 1 amide bonds. The molecule has 0 bridgehead atoms. The Morgan fingerprint density at radius 1 is 1.29 bits per heavy atom. The zero-order valence-electron chi connectivity index (χ0n) is 13.9. The second-order valence-electron chi connectivity index (χ2n) is 6.34. The average Bonchev–Trinajstić information content (AvgIpc) is 2.86. The SMILES string of the molecule is Cc1nc(C)c(CC(=O)N2CCC(O)(c3ccc(F)cc3)CC2)s1. The van der Waals surface area contributed by atoms with Gasteiger partial charge in [0.1, 0.15) is 5.82 Å². The van der Waals surface area contributed by atoms with E-state index in [1.54, 1.807) is 28.4 Å². The van der Waals surface area contributed by atoms with Gasteiger partial charge in [0.15, 0.2) is 0 Å². The van der Waals surface area contributed by atoms with Crippen molar-refractivity contribution in [1.82, 2.24) is 9.88 Å². The Bertz CT molecular complexity index is 734. The van der Waals surface area contributed by atoms with E-state index in [0.29, 0.717) is 37.9 Å². The molecule has 24 heavy (non-hydrogen) atoms. The van der Waals surface area contributed by atoms with Crippen LogP contribution in [0.3, 0.4) is 0 Å².